The first-order valence-corrected chi connectivity index (χ1v) is 8.18. The van der Waals surface area contributed by atoms with Crippen LogP contribution in [0, 0.1) is 11.8 Å². The minimum Gasteiger partial charge on any atom is -0.356 e. The van der Waals surface area contributed by atoms with Gasteiger partial charge in [-0.15, -0.1) is 11.6 Å². The first-order chi connectivity index (χ1) is 9.76. The molecule has 1 saturated carbocycles. The van der Waals surface area contributed by atoms with Crippen molar-refractivity contribution in [3.05, 3.63) is 35.9 Å². The number of alkyl halides is 1. The van der Waals surface area contributed by atoms with Crippen molar-refractivity contribution in [1.82, 2.24) is 5.32 Å². The molecule has 1 N–H and O–H groups in total. The van der Waals surface area contributed by atoms with Crippen molar-refractivity contribution >= 4 is 17.5 Å². The standard InChI is InChI=1S/C17H24ClNO/c1-2-6-13(9-10-18)12-19-17(20)16-11-15(16)14-7-4-3-5-8-14/h3-5,7-8,13,15-16H,2,6,9-12H2,1H3,(H,19,20). The summed E-state index contributed by atoms with van der Waals surface area (Å²) in [5.74, 6) is 2.02. The van der Waals surface area contributed by atoms with Crippen LogP contribution in [0.25, 0.3) is 0 Å². The Morgan fingerprint density at radius 2 is 2.10 bits per heavy atom. The summed E-state index contributed by atoms with van der Waals surface area (Å²) in [4.78, 5) is 12.2. The number of hydrogen-bond acceptors (Lipinski definition) is 1. The highest BCUT2D eigenvalue weighted by atomic mass is 35.5. The Morgan fingerprint density at radius 1 is 1.35 bits per heavy atom. The highest BCUT2D eigenvalue weighted by Crippen LogP contribution is 2.47. The fourth-order valence-corrected chi connectivity index (χ4v) is 3.15. The normalized spacial score (nSPS) is 22.3. The Hall–Kier alpha value is -1.02. The Morgan fingerprint density at radius 3 is 2.75 bits per heavy atom. The molecule has 3 heteroatoms. The Kier molecular flexibility index (Phi) is 5.90. The van der Waals surface area contributed by atoms with Gasteiger partial charge in [-0.25, -0.2) is 0 Å². The smallest absolute Gasteiger partial charge is 0.223 e. The van der Waals surface area contributed by atoms with Gasteiger partial charge in [-0.05, 0) is 36.7 Å². The maximum absolute atomic E-state index is 12.2. The van der Waals surface area contributed by atoms with Crippen molar-refractivity contribution in [3.8, 4) is 0 Å². The first kappa shape index (κ1) is 15.4. The zero-order valence-corrected chi connectivity index (χ0v) is 12.9. The van der Waals surface area contributed by atoms with Crippen molar-refractivity contribution in [3.63, 3.8) is 0 Å². The van der Waals surface area contributed by atoms with Gasteiger partial charge in [0.2, 0.25) is 5.91 Å². The molecule has 0 aromatic heterocycles. The van der Waals surface area contributed by atoms with Gasteiger partial charge in [-0.3, -0.25) is 4.79 Å². The van der Waals surface area contributed by atoms with Crippen LogP contribution in [0.4, 0.5) is 0 Å². The van der Waals surface area contributed by atoms with Gasteiger partial charge in [-0.2, -0.15) is 0 Å². The number of nitrogens with one attached hydrogen (secondary N) is 1. The second-order valence-corrected chi connectivity index (χ2v) is 6.11. The molecule has 1 fully saturated rings. The minimum atomic E-state index is 0.177. The van der Waals surface area contributed by atoms with E-state index in [1.54, 1.807) is 0 Å². The van der Waals surface area contributed by atoms with E-state index in [0.29, 0.717) is 17.7 Å². The average molecular weight is 294 g/mol. The lowest BCUT2D eigenvalue weighted by Crippen LogP contribution is -2.31. The molecule has 1 aliphatic carbocycles. The van der Waals surface area contributed by atoms with Crippen molar-refractivity contribution in [2.75, 3.05) is 12.4 Å². The van der Waals surface area contributed by atoms with Crippen molar-refractivity contribution < 1.29 is 4.79 Å². The van der Waals surface area contributed by atoms with Gasteiger partial charge < -0.3 is 5.32 Å². The van der Waals surface area contributed by atoms with Crippen LogP contribution >= 0.6 is 11.6 Å². The topological polar surface area (TPSA) is 29.1 Å². The molecule has 0 radical (unpaired) electrons. The van der Waals surface area contributed by atoms with Crippen LogP contribution in [0.5, 0.6) is 0 Å². The summed E-state index contributed by atoms with van der Waals surface area (Å²) in [6.07, 6.45) is 4.26. The SMILES string of the molecule is CCCC(CCCl)CNC(=O)C1CC1c1ccccc1. The predicted octanol–water partition coefficient (Wildman–Crippen LogP) is 3.95. The van der Waals surface area contributed by atoms with Crippen LogP contribution in [0.3, 0.4) is 0 Å². The summed E-state index contributed by atoms with van der Waals surface area (Å²) in [5, 5.41) is 3.12. The second-order valence-electron chi connectivity index (χ2n) is 5.74. The van der Waals surface area contributed by atoms with Gasteiger partial charge in [0, 0.05) is 18.3 Å². The van der Waals surface area contributed by atoms with Crippen LogP contribution < -0.4 is 5.32 Å². The van der Waals surface area contributed by atoms with E-state index in [-0.39, 0.29) is 11.8 Å². The minimum absolute atomic E-state index is 0.177. The number of benzene rings is 1. The van der Waals surface area contributed by atoms with E-state index in [4.69, 9.17) is 11.6 Å². The highest BCUT2D eigenvalue weighted by molar-refractivity contribution is 6.17. The third-order valence-electron chi connectivity index (χ3n) is 4.13. The van der Waals surface area contributed by atoms with Gasteiger partial charge in [0.1, 0.15) is 0 Å². The molecule has 2 nitrogen and oxygen atoms in total. The van der Waals surface area contributed by atoms with Crippen LogP contribution in [0.2, 0.25) is 0 Å². The van der Waals surface area contributed by atoms with Gasteiger partial charge >= 0.3 is 0 Å². The van der Waals surface area contributed by atoms with Crippen LogP contribution in [0.15, 0.2) is 30.3 Å². The molecule has 0 aliphatic heterocycles. The van der Waals surface area contributed by atoms with Gasteiger partial charge in [0.05, 0.1) is 0 Å². The van der Waals surface area contributed by atoms with Crippen molar-refractivity contribution in [2.24, 2.45) is 11.8 Å². The van der Waals surface area contributed by atoms with Gasteiger partial charge in [0.15, 0.2) is 0 Å². The molecule has 110 valence electrons. The molecule has 1 aromatic carbocycles. The molecule has 0 bridgehead atoms. The van der Waals surface area contributed by atoms with Crippen LogP contribution in [-0.4, -0.2) is 18.3 Å². The van der Waals surface area contributed by atoms with E-state index in [9.17, 15) is 4.79 Å². The summed E-state index contributed by atoms with van der Waals surface area (Å²) in [6, 6.07) is 10.3. The van der Waals surface area contributed by atoms with E-state index in [0.717, 1.165) is 32.2 Å². The largest absolute Gasteiger partial charge is 0.356 e. The molecule has 1 aliphatic rings. The molecule has 2 rings (SSSR count). The monoisotopic (exact) mass is 293 g/mol. The molecule has 0 spiro atoms. The predicted molar refractivity (Wildman–Crippen MR) is 84.0 cm³/mol. The molecule has 0 heterocycles. The fourth-order valence-electron chi connectivity index (χ4n) is 2.84. The lowest BCUT2D eigenvalue weighted by atomic mass is 10.0. The summed E-state index contributed by atoms with van der Waals surface area (Å²) < 4.78 is 0. The third-order valence-corrected chi connectivity index (χ3v) is 4.35. The van der Waals surface area contributed by atoms with E-state index < -0.39 is 0 Å². The molecule has 3 atom stereocenters. The zero-order valence-electron chi connectivity index (χ0n) is 12.1. The summed E-state index contributed by atoms with van der Waals surface area (Å²) in [7, 11) is 0. The average Bonchev–Trinajstić information content (AvgIpc) is 3.26. The number of carbonyl (C=O) groups is 1. The van der Waals surface area contributed by atoms with E-state index in [1.807, 2.05) is 18.2 Å². The molecular formula is C17H24ClNO. The van der Waals surface area contributed by atoms with Crippen molar-refractivity contribution in [2.45, 2.75) is 38.5 Å². The number of carbonyl (C=O) groups excluding carboxylic acids is 1. The van der Waals surface area contributed by atoms with Crippen LogP contribution in [0.1, 0.15) is 44.1 Å². The zero-order chi connectivity index (χ0) is 14.4. The molecule has 1 aromatic rings. The van der Waals surface area contributed by atoms with E-state index >= 15 is 0 Å². The molecule has 20 heavy (non-hydrogen) atoms. The van der Waals surface area contributed by atoms with Crippen LogP contribution in [-0.2, 0) is 4.79 Å². The number of amides is 1. The summed E-state index contributed by atoms with van der Waals surface area (Å²) in [6.45, 7) is 2.95. The van der Waals surface area contributed by atoms with E-state index in [1.165, 1.54) is 5.56 Å². The van der Waals surface area contributed by atoms with Gasteiger partial charge in [-0.1, -0.05) is 43.7 Å². The summed E-state index contributed by atoms with van der Waals surface area (Å²) >= 11 is 5.81. The lowest BCUT2D eigenvalue weighted by Gasteiger charge is -2.15. The fraction of sp³-hybridized carbons (Fsp3) is 0.588. The number of rotatable bonds is 8. The van der Waals surface area contributed by atoms with Gasteiger partial charge in [0.25, 0.3) is 0 Å². The third kappa shape index (κ3) is 4.24. The Bertz CT molecular complexity index is 414. The van der Waals surface area contributed by atoms with Crippen molar-refractivity contribution in [1.29, 1.82) is 0 Å². The molecular weight excluding hydrogens is 270 g/mol. The maximum Gasteiger partial charge on any atom is 0.223 e. The lowest BCUT2D eigenvalue weighted by molar-refractivity contribution is -0.122. The second kappa shape index (κ2) is 7.68. The highest BCUT2D eigenvalue weighted by Gasteiger charge is 2.43. The first-order valence-electron chi connectivity index (χ1n) is 7.64. The summed E-state index contributed by atoms with van der Waals surface area (Å²) in [5.41, 5.74) is 1.29. The number of halogens is 1. The Balaban J connectivity index is 1.76. The number of hydrogen-bond donors (Lipinski definition) is 1. The molecule has 1 amide bonds. The quantitative estimate of drug-likeness (QED) is 0.723. The maximum atomic E-state index is 12.2. The molecule has 0 saturated heterocycles. The van der Waals surface area contributed by atoms with E-state index in [2.05, 4.69) is 24.4 Å². The molecule has 3 unspecified atom stereocenters. The Labute approximate surface area is 126 Å².